The number of hydrogen-bond donors (Lipinski definition) is 2. The molecule has 0 aliphatic carbocycles. The molecule has 0 unspecified atom stereocenters. The molecule has 1 aliphatic heterocycles. The van der Waals surface area contributed by atoms with E-state index in [0.717, 1.165) is 37.5 Å². The molecule has 0 saturated carbocycles. The van der Waals surface area contributed by atoms with Crippen LogP contribution in [0, 0.1) is 0 Å². The van der Waals surface area contributed by atoms with Crippen molar-refractivity contribution in [3.8, 4) is 5.75 Å². The fourth-order valence-corrected chi connectivity index (χ4v) is 3.30. The van der Waals surface area contributed by atoms with E-state index in [2.05, 4.69) is 33.4 Å². The number of benzene rings is 1. The van der Waals surface area contributed by atoms with Crippen molar-refractivity contribution in [2.24, 2.45) is 0 Å². The number of unbranched alkanes of at least 4 members (excludes halogenated alkanes) is 1. The highest BCUT2D eigenvalue weighted by Crippen LogP contribution is 2.17. The van der Waals surface area contributed by atoms with Gasteiger partial charge in [0.05, 0.1) is 6.61 Å². The number of ether oxygens (including phenoxy) is 1. The molecule has 140 valence electrons. The normalized spacial score (nSPS) is 14.9. The van der Waals surface area contributed by atoms with Crippen molar-refractivity contribution < 1.29 is 4.74 Å². The van der Waals surface area contributed by atoms with Gasteiger partial charge in [0.25, 0.3) is 0 Å². The van der Waals surface area contributed by atoms with Crippen LogP contribution in [-0.2, 0) is 6.54 Å². The van der Waals surface area contributed by atoms with Crippen LogP contribution in [0.3, 0.4) is 0 Å². The number of hydrogen-bond acceptors (Lipinski definition) is 4. The first kappa shape index (κ1) is 18.5. The van der Waals surface area contributed by atoms with Crippen LogP contribution in [0.2, 0.25) is 0 Å². The van der Waals surface area contributed by atoms with Crippen LogP contribution in [0.4, 0.5) is 5.82 Å². The summed E-state index contributed by atoms with van der Waals surface area (Å²) in [5.74, 6) is 1.73. The molecule has 0 radical (unpaired) electrons. The van der Waals surface area contributed by atoms with Gasteiger partial charge in [0.1, 0.15) is 11.6 Å². The maximum absolute atomic E-state index is 11.3. The first-order valence-corrected chi connectivity index (χ1v) is 9.66. The Hall–Kier alpha value is -2.27. The van der Waals surface area contributed by atoms with Crippen LogP contribution in [0.5, 0.6) is 5.75 Å². The highest BCUT2D eigenvalue weighted by atomic mass is 16.5. The number of rotatable bonds is 9. The predicted molar refractivity (Wildman–Crippen MR) is 106 cm³/mol. The van der Waals surface area contributed by atoms with Crippen molar-refractivity contribution in [3.05, 3.63) is 58.4 Å². The largest absolute Gasteiger partial charge is 0.494 e. The summed E-state index contributed by atoms with van der Waals surface area (Å²) >= 11 is 0. The molecule has 1 saturated heterocycles. The third-order valence-electron chi connectivity index (χ3n) is 4.68. The minimum absolute atomic E-state index is 0.0130. The van der Waals surface area contributed by atoms with Crippen LogP contribution in [0.25, 0.3) is 0 Å². The molecule has 2 aromatic rings. The summed E-state index contributed by atoms with van der Waals surface area (Å²) in [4.78, 5) is 16.8. The Morgan fingerprint density at radius 1 is 1.08 bits per heavy atom. The second-order valence-corrected chi connectivity index (χ2v) is 6.90. The summed E-state index contributed by atoms with van der Waals surface area (Å²) in [5.41, 5.74) is 1.35. The molecule has 3 rings (SSSR count). The summed E-state index contributed by atoms with van der Waals surface area (Å²) in [6.45, 7) is 4.98. The van der Waals surface area contributed by atoms with Crippen molar-refractivity contribution in [1.82, 2.24) is 9.88 Å². The topological polar surface area (TPSA) is 57.4 Å². The molecular formula is C21H29N3O2. The van der Waals surface area contributed by atoms with Crippen molar-refractivity contribution in [2.45, 2.75) is 38.6 Å². The summed E-state index contributed by atoms with van der Waals surface area (Å²) < 4.78 is 5.90. The number of nitrogens with zero attached hydrogens (tertiary/aromatic N) is 1. The summed E-state index contributed by atoms with van der Waals surface area (Å²) in [5, 5.41) is 3.22. The van der Waals surface area contributed by atoms with Gasteiger partial charge in [-0.3, -0.25) is 9.69 Å². The Kier molecular flexibility index (Phi) is 7.14. The molecule has 26 heavy (non-hydrogen) atoms. The number of aromatic amines is 1. The SMILES string of the molecule is O=c1cc[nH]c(NCCCCOc2cccc(CN3CCCCC3)c2)c1. The van der Waals surface area contributed by atoms with Crippen LogP contribution in [0.15, 0.2) is 47.4 Å². The summed E-state index contributed by atoms with van der Waals surface area (Å²) in [6, 6.07) is 11.6. The molecule has 1 aromatic carbocycles. The van der Waals surface area contributed by atoms with Crippen molar-refractivity contribution >= 4 is 5.82 Å². The lowest BCUT2D eigenvalue weighted by Crippen LogP contribution is -2.29. The van der Waals surface area contributed by atoms with Gasteiger partial charge in [-0.2, -0.15) is 0 Å². The van der Waals surface area contributed by atoms with E-state index >= 15 is 0 Å². The summed E-state index contributed by atoms with van der Waals surface area (Å²) in [6.07, 6.45) is 7.63. The van der Waals surface area contributed by atoms with Gasteiger partial charge in [-0.1, -0.05) is 18.6 Å². The minimum Gasteiger partial charge on any atom is -0.494 e. The van der Waals surface area contributed by atoms with Gasteiger partial charge < -0.3 is 15.0 Å². The van der Waals surface area contributed by atoms with Crippen LogP contribution >= 0.6 is 0 Å². The third kappa shape index (κ3) is 6.23. The highest BCUT2D eigenvalue weighted by molar-refractivity contribution is 5.32. The van der Waals surface area contributed by atoms with Crippen LogP contribution in [0.1, 0.15) is 37.7 Å². The number of pyridine rings is 1. The van der Waals surface area contributed by atoms with E-state index in [1.54, 1.807) is 12.3 Å². The Bertz CT molecular complexity index is 723. The van der Waals surface area contributed by atoms with E-state index in [1.165, 1.54) is 44.0 Å². The number of nitrogens with one attached hydrogen (secondary N) is 2. The molecule has 0 bridgehead atoms. The van der Waals surface area contributed by atoms with Crippen LogP contribution < -0.4 is 15.5 Å². The lowest BCUT2D eigenvalue weighted by atomic mass is 10.1. The van der Waals surface area contributed by atoms with Gasteiger partial charge >= 0.3 is 0 Å². The first-order valence-electron chi connectivity index (χ1n) is 9.66. The van der Waals surface area contributed by atoms with Gasteiger partial charge in [0, 0.05) is 31.4 Å². The van der Waals surface area contributed by atoms with Crippen molar-refractivity contribution in [1.29, 1.82) is 0 Å². The van der Waals surface area contributed by atoms with E-state index in [1.807, 2.05) is 6.07 Å². The molecule has 0 spiro atoms. The van der Waals surface area contributed by atoms with Gasteiger partial charge in [-0.05, 0) is 56.5 Å². The average molecular weight is 355 g/mol. The molecule has 1 fully saturated rings. The number of likely N-dealkylation sites (tertiary alicyclic amines) is 1. The van der Waals surface area contributed by atoms with Crippen LogP contribution in [-0.4, -0.2) is 36.1 Å². The number of piperidine rings is 1. The molecule has 1 aromatic heterocycles. The molecule has 1 aliphatic rings. The lowest BCUT2D eigenvalue weighted by molar-refractivity contribution is 0.220. The molecule has 2 N–H and O–H groups in total. The van der Waals surface area contributed by atoms with Gasteiger partial charge in [0.15, 0.2) is 5.43 Å². The van der Waals surface area contributed by atoms with E-state index in [-0.39, 0.29) is 5.43 Å². The lowest BCUT2D eigenvalue weighted by Gasteiger charge is -2.26. The fraction of sp³-hybridized carbons (Fsp3) is 0.476. The molecular weight excluding hydrogens is 326 g/mol. The number of aromatic nitrogens is 1. The van der Waals surface area contributed by atoms with Gasteiger partial charge in [0.2, 0.25) is 0 Å². The predicted octanol–water partition coefficient (Wildman–Crippen LogP) is 3.63. The zero-order valence-corrected chi connectivity index (χ0v) is 15.4. The molecule has 0 amide bonds. The Labute approximate surface area is 155 Å². The third-order valence-corrected chi connectivity index (χ3v) is 4.68. The van der Waals surface area contributed by atoms with E-state index in [4.69, 9.17) is 4.74 Å². The van der Waals surface area contributed by atoms with Gasteiger partial charge in [-0.15, -0.1) is 0 Å². The van der Waals surface area contributed by atoms with E-state index in [0.29, 0.717) is 6.61 Å². The van der Waals surface area contributed by atoms with E-state index in [9.17, 15) is 4.79 Å². The molecule has 0 atom stereocenters. The van der Waals surface area contributed by atoms with Gasteiger partial charge in [-0.25, -0.2) is 0 Å². The maximum Gasteiger partial charge on any atom is 0.183 e. The maximum atomic E-state index is 11.3. The van der Waals surface area contributed by atoms with E-state index < -0.39 is 0 Å². The fourth-order valence-electron chi connectivity index (χ4n) is 3.30. The zero-order chi connectivity index (χ0) is 18.0. The Balaban J connectivity index is 1.34. The zero-order valence-electron chi connectivity index (χ0n) is 15.4. The smallest absolute Gasteiger partial charge is 0.183 e. The molecule has 2 heterocycles. The monoisotopic (exact) mass is 355 g/mol. The quantitative estimate of drug-likeness (QED) is 0.675. The Morgan fingerprint density at radius 2 is 1.96 bits per heavy atom. The average Bonchev–Trinajstić information content (AvgIpc) is 2.66. The number of anilines is 1. The second-order valence-electron chi connectivity index (χ2n) is 6.90. The second kappa shape index (κ2) is 10.0. The van der Waals surface area contributed by atoms with Crippen molar-refractivity contribution in [3.63, 3.8) is 0 Å². The first-order chi connectivity index (χ1) is 12.8. The molecule has 5 nitrogen and oxygen atoms in total. The van der Waals surface area contributed by atoms with Crippen molar-refractivity contribution in [2.75, 3.05) is 31.6 Å². The summed E-state index contributed by atoms with van der Waals surface area (Å²) in [7, 11) is 0. The number of H-pyrrole nitrogens is 1. The molecule has 5 heteroatoms. The highest BCUT2D eigenvalue weighted by Gasteiger charge is 2.10. The Morgan fingerprint density at radius 3 is 2.81 bits per heavy atom. The minimum atomic E-state index is 0.0130. The standard InChI is InChI=1S/C21H29N3O2/c25-19-9-11-23-21(16-19)22-10-2-5-14-26-20-8-6-7-18(15-20)17-24-12-3-1-4-13-24/h6-9,11,15-16H,1-5,10,12-14,17H2,(H2,22,23,25).